The summed E-state index contributed by atoms with van der Waals surface area (Å²) in [6.45, 7) is 0.790. The van der Waals surface area contributed by atoms with Crippen LogP contribution in [0.4, 0.5) is 5.69 Å². The van der Waals surface area contributed by atoms with Crippen molar-refractivity contribution in [3.05, 3.63) is 39.9 Å². The van der Waals surface area contributed by atoms with E-state index in [1.54, 1.807) is 12.1 Å². The molecule has 0 aliphatic heterocycles. The number of nitrogens with zero attached hydrogens (tertiary/aromatic N) is 1. The maximum atomic E-state index is 10.5. The zero-order valence-electron chi connectivity index (χ0n) is 10.3. The van der Waals surface area contributed by atoms with Crippen LogP contribution in [0.2, 0.25) is 0 Å². The second-order valence-electron chi connectivity index (χ2n) is 4.92. The zero-order valence-corrected chi connectivity index (χ0v) is 10.3. The number of nitro groups is 1. The minimum atomic E-state index is -0.399. The summed E-state index contributed by atoms with van der Waals surface area (Å²) in [6, 6.07) is 6.53. The highest BCUT2D eigenvalue weighted by atomic mass is 16.6. The molecule has 0 amide bonds. The largest absolute Gasteiger partial charge is 0.394 e. The molecule has 0 unspecified atom stereocenters. The van der Waals surface area contributed by atoms with E-state index in [2.05, 4.69) is 5.32 Å². The maximum Gasteiger partial charge on any atom is 0.269 e. The second kappa shape index (κ2) is 5.46. The van der Waals surface area contributed by atoms with Gasteiger partial charge in [0.25, 0.3) is 5.69 Å². The summed E-state index contributed by atoms with van der Waals surface area (Å²) in [4.78, 5) is 10.1. The maximum absolute atomic E-state index is 10.5. The van der Waals surface area contributed by atoms with Gasteiger partial charge in [0.2, 0.25) is 0 Å². The van der Waals surface area contributed by atoms with Crippen LogP contribution in [-0.2, 0) is 6.54 Å². The minimum Gasteiger partial charge on any atom is -0.394 e. The molecule has 1 aromatic carbocycles. The van der Waals surface area contributed by atoms with Gasteiger partial charge in [-0.15, -0.1) is 0 Å². The fraction of sp³-hybridized carbons (Fsp3) is 0.538. The highest BCUT2D eigenvalue weighted by Crippen LogP contribution is 2.29. The first-order valence-electron chi connectivity index (χ1n) is 6.24. The number of hydrogen-bond donors (Lipinski definition) is 2. The average Bonchev–Trinajstić information content (AvgIpc) is 2.86. The molecule has 2 N–H and O–H groups in total. The van der Waals surface area contributed by atoms with E-state index in [1.807, 2.05) is 0 Å². The Bertz CT molecular complexity index is 411. The lowest BCUT2D eigenvalue weighted by Gasteiger charge is -2.28. The Kier molecular flexibility index (Phi) is 3.93. The molecule has 0 radical (unpaired) electrons. The van der Waals surface area contributed by atoms with Crippen molar-refractivity contribution in [2.24, 2.45) is 0 Å². The van der Waals surface area contributed by atoms with E-state index in [0.29, 0.717) is 6.54 Å². The topological polar surface area (TPSA) is 75.4 Å². The Morgan fingerprint density at radius 2 is 1.89 bits per heavy atom. The molecule has 1 aromatic rings. The third kappa shape index (κ3) is 2.86. The van der Waals surface area contributed by atoms with Crippen molar-refractivity contribution in [3.63, 3.8) is 0 Å². The van der Waals surface area contributed by atoms with Gasteiger partial charge in [-0.25, -0.2) is 0 Å². The number of rotatable bonds is 5. The van der Waals surface area contributed by atoms with Crippen LogP contribution >= 0.6 is 0 Å². The quantitative estimate of drug-likeness (QED) is 0.619. The summed E-state index contributed by atoms with van der Waals surface area (Å²) < 4.78 is 0. The Hall–Kier alpha value is -1.46. The molecule has 18 heavy (non-hydrogen) atoms. The molecule has 0 saturated heterocycles. The fourth-order valence-corrected chi connectivity index (χ4v) is 2.47. The second-order valence-corrected chi connectivity index (χ2v) is 4.92. The summed E-state index contributed by atoms with van der Waals surface area (Å²) >= 11 is 0. The molecule has 2 rings (SSSR count). The van der Waals surface area contributed by atoms with Gasteiger partial charge in [0.1, 0.15) is 0 Å². The highest BCUT2D eigenvalue weighted by Gasteiger charge is 2.32. The summed E-state index contributed by atoms with van der Waals surface area (Å²) in [5, 5.41) is 23.4. The van der Waals surface area contributed by atoms with Gasteiger partial charge in [-0.3, -0.25) is 10.1 Å². The Morgan fingerprint density at radius 3 is 2.39 bits per heavy atom. The molecule has 1 aliphatic rings. The predicted octanol–water partition coefficient (Wildman–Crippen LogP) is 1.99. The SMILES string of the molecule is O=[N+]([O-])c1ccc(CNC2(CO)CCCC2)cc1. The molecule has 0 aromatic heterocycles. The number of aliphatic hydroxyl groups excluding tert-OH is 1. The van der Waals surface area contributed by atoms with Crippen molar-refractivity contribution in [2.75, 3.05) is 6.61 Å². The summed E-state index contributed by atoms with van der Waals surface area (Å²) in [6.07, 6.45) is 4.29. The van der Waals surface area contributed by atoms with Crippen LogP contribution in [0, 0.1) is 10.1 Å². The third-order valence-corrected chi connectivity index (χ3v) is 3.68. The van der Waals surface area contributed by atoms with E-state index in [9.17, 15) is 15.2 Å². The van der Waals surface area contributed by atoms with Gasteiger partial charge >= 0.3 is 0 Å². The van der Waals surface area contributed by atoms with E-state index in [4.69, 9.17) is 0 Å². The molecular weight excluding hydrogens is 232 g/mol. The van der Waals surface area contributed by atoms with E-state index in [-0.39, 0.29) is 17.8 Å². The Balaban J connectivity index is 1.95. The standard InChI is InChI=1S/C13H18N2O3/c16-10-13(7-1-2-8-13)14-9-11-3-5-12(6-4-11)15(17)18/h3-6,14,16H,1-2,7-10H2. The molecule has 1 aliphatic carbocycles. The lowest BCUT2D eigenvalue weighted by atomic mass is 9.98. The smallest absolute Gasteiger partial charge is 0.269 e. The number of nitrogens with one attached hydrogen (secondary N) is 1. The van der Waals surface area contributed by atoms with Crippen molar-refractivity contribution < 1.29 is 10.0 Å². The monoisotopic (exact) mass is 250 g/mol. The fourth-order valence-electron chi connectivity index (χ4n) is 2.47. The van der Waals surface area contributed by atoms with E-state index in [1.165, 1.54) is 12.1 Å². The first-order chi connectivity index (χ1) is 8.65. The van der Waals surface area contributed by atoms with Crippen molar-refractivity contribution in [1.29, 1.82) is 0 Å². The van der Waals surface area contributed by atoms with Crippen molar-refractivity contribution in [2.45, 2.75) is 37.8 Å². The van der Waals surface area contributed by atoms with Crippen molar-refractivity contribution >= 4 is 5.69 Å². The summed E-state index contributed by atoms with van der Waals surface area (Å²) in [7, 11) is 0. The average molecular weight is 250 g/mol. The molecule has 0 heterocycles. The minimum absolute atomic E-state index is 0.108. The van der Waals surface area contributed by atoms with Crippen molar-refractivity contribution in [1.82, 2.24) is 5.32 Å². The van der Waals surface area contributed by atoms with Gasteiger partial charge in [-0.05, 0) is 18.4 Å². The first kappa shape index (κ1) is 13.0. The molecule has 0 bridgehead atoms. The zero-order chi connectivity index (χ0) is 13.0. The van der Waals surface area contributed by atoms with Gasteiger partial charge in [-0.1, -0.05) is 25.0 Å². The Labute approximate surface area is 106 Å². The van der Waals surface area contributed by atoms with Crippen LogP contribution < -0.4 is 5.32 Å². The van der Waals surface area contributed by atoms with Gasteiger partial charge < -0.3 is 10.4 Å². The van der Waals surface area contributed by atoms with E-state index < -0.39 is 4.92 Å². The molecule has 5 nitrogen and oxygen atoms in total. The van der Waals surface area contributed by atoms with Crippen molar-refractivity contribution in [3.8, 4) is 0 Å². The van der Waals surface area contributed by atoms with Gasteiger partial charge in [0, 0.05) is 24.2 Å². The number of non-ortho nitro benzene ring substituents is 1. The van der Waals surface area contributed by atoms with Gasteiger partial charge in [-0.2, -0.15) is 0 Å². The van der Waals surface area contributed by atoms with Crippen LogP contribution in [0.15, 0.2) is 24.3 Å². The number of benzene rings is 1. The van der Waals surface area contributed by atoms with Crippen LogP contribution in [-0.4, -0.2) is 22.2 Å². The first-order valence-corrected chi connectivity index (χ1v) is 6.24. The van der Waals surface area contributed by atoms with E-state index >= 15 is 0 Å². The van der Waals surface area contributed by atoms with Gasteiger partial charge in [0.05, 0.1) is 11.5 Å². The van der Waals surface area contributed by atoms with Crippen LogP contribution in [0.3, 0.4) is 0 Å². The summed E-state index contributed by atoms with van der Waals surface area (Å²) in [5.41, 5.74) is 0.957. The number of nitro benzene ring substituents is 1. The molecule has 0 atom stereocenters. The molecule has 1 fully saturated rings. The van der Waals surface area contributed by atoms with Crippen LogP contribution in [0.1, 0.15) is 31.2 Å². The lowest BCUT2D eigenvalue weighted by Crippen LogP contribution is -2.45. The summed E-state index contributed by atoms with van der Waals surface area (Å²) in [5.74, 6) is 0. The van der Waals surface area contributed by atoms with E-state index in [0.717, 1.165) is 31.2 Å². The molecule has 0 spiro atoms. The lowest BCUT2D eigenvalue weighted by molar-refractivity contribution is -0.384. The normalized spacial score (nSPS) is 17.8. The molecule has 98 valence electrons. The molecule has 1 saturated carbocycles. The highest BCUT2D eigenvalue weighted by molar-refractivity contribution is 5.32. The van der Waals surface area contributed by atoms with Crippen LogP contribution in [0.5, 0.6) is 0 Å². The molecular formula is C13H18N2O3. The predicted molar refractivity (Wildman–Crippen MR) is 68.2 cm³/mol. The number of aliphatic hydroxyl groups is 1. The Morgan fingerprint density at radius 1 is 1.28 bits per heavy atom. The molecule has 5 heteroatoms. The van der Waals surface area contributed by atoms with Crippen LogP contribution in [0.25, 0.3) is 0 Å². The third-order valence-electron chi connectivity index (χ3n) is 3.68. The number of hydrogen-bond acceptors (Lipinski definition) is 4. The van der Waals surface area contributed by atoms with Gasteiger partial charge in [0.15, 0.2) is 0 Å².